The van der Waals surface area contributed by atoms with Crippen LogP contribution in [-0.2, 0) is 0 Å². The first-order chi connectivity index (χ1) is 15.0. The smallest absolute Gasteiger partial charge is 0.255 e. The van der Waals surface area contributed by atoms with Gasteiger partial charge >= 0.3 is 0 Å². The average Bonchev–Trinajstić information content (AvgIpc) is 3.17. The first-order valence-corrected chi connectivity index (χ1v) is 10.6. The number of hydrogen-bond donors (Lipinski definition) is 1. The van der Waals surface area contributed by atoms with E-state index in [9.17, 15) is 9.18 Å². The zero-order valence-corrected chi connectivity index (χ0v) is 18.0. The number of amides is 1. The predicted octanol–water partition coefficient (Wildman–Crippen LogP) is 3.04. The highest BCUT2D eigenvalue weighted by Crippen LogP contribution is 2.19. The second kappa shape index (κ2) is 9.41. The fourth-order valence-electron chi connectivity index (χ4n) is 3.92. The van der Waals surface area contributed by atoms with E-state index < -0.39 is 0 Å². The molecule has 6 nitrogen and oxygen atoms in total. The summed E-state index contributed by atoms with van der Waals surface area (Å²) in [5.74, 6) is -0.463. The number of nitrogens with one attached hydrogen (secondary N) is 1. The van der Waals surface area contributed by atoms with Crippen molar-refractivity contribution in [3.05, 3.63) is 83.4 Å². The molecular formula is C24H28FN5O. The van der Waals surface area contributed by atoms with Crippen molar-refractivity contribution in [3.63, 3.8) is 0 Å². The Morgan fingerprint density at radius 3 is 2.42 bits per heavy atom. The molecule has 7 heteroatoms. The molecule has 1 amide bonds. The third-order valence-corrected chi connectivity index (χ3v) is 5.87. The van der Waals surface area contributed by atoms with E-state index in [1.54, 1.807) is 23.0 Å². The van der Waals surface area contributed by atoms with Crippen molar-refractivity contribution >= 4 is 5.91 Å². The Labute approximate surface area is 182 Å². The standard InChI is InChI=1S/C24H28FN5O/c1-18-22(16-26-30(18)21-10-8-20(25)9-11-21)24(31)27-23(19-6-4-3-5-7-19)17-29-14-12-28(2)13-15-29/h3-11,16,23H,12-15,17H2,1-2H3,(H,27,31). The first-order valence-electron chi connectivity index (χ1n) is 10.6. The maximum Gasteiger partial charge on any atom is 0.255 e. The predicted molar refractivity (Wildman–Crippen MR) is 119 cm³/mol. The van der Waals surface area contributed by atoms with E-state index in [0.717, 1.165) is 49.7 Å². The highest BCUT2D eigenvalue weighted by Gasteiger charge is 2.23. The molecule has 162 valence electrons. The molecule has 1 atom stereocenters. The Morgan fingerprint density at radius 2 is 1.74 bits per heavy atom. The Balaban J connectivity index is 1.53. The molecule has 1 aromatic heterocycles. The summed E-state index contributed by atoms with van der Waals surface area (Å²) in [5, 5.41) is 7.57. The van der Waals surface area contributed by atoms with Crippen molar-refractivity contribution in [2.75, 3.05) is 39.8 Å². The lowest BCUT2D eigenvalue weighted by Crippen LogP contribution is -2.47. The van der Waals surface area contributed by atoms with Crippen LogP contribution in [-0.4, -0.2) is 65.3 Å². The van der Waals surface area contributed by atoms with Gasteiger partial charge < -0.3 is 10.2 Å². The maximum atomic E-state index is 13.3. The van der Waals surface area contributed by atoms with Crippen LogP contribution in [0.5, 0.6) is 0 Å². The van der Waals surface area contributed by atoms with Crippen LogP contribution in [0.3, 0.4) is 0 Å². The van der Waals surface area contributed by atoms with Crippen molar-refractivity contribution in [3.8, 4) is 5.69 Å². The molecule has 1 aliphatic heterocycles. The fourth-order valence-corrected chi connectivity index (χ4v) is 3.92. The van der Waals surface area contributed by atoms with Crippen LogP contribution in [0.15, 0.2) is 60.8 Å². The van der Waals surface area contributed by atoms with Crippen LogP contribution in [0.1, 0.15) is 27.7 Å². The molecule has 2 heterocycles. The van der Waals surface area contributed by atoms with Crippen molar-refractivity contribution in [2.45, 2.75) is 13.0 Å². The summed E-state index contributed by atoms with van der Waals surface area (Å²) in [4.78, 5) is 17.9. The zero-order chi connectivity index (χ0) is 21.8. The van der Waals surface area contributed by atoms with Gasteiger partial charge in [-0.2, -0.15) is 5.10 Å². The van der Waals surface area contributed by atoms with Crippen LogP contribution < -0.4 is 5.32 Å². The zero-order valence-electron chi connectivity index (χ0n) is 18.0. The highest BCUT2D eigenvalue weighted by atomic mass is 19.1. The Hall–Kier alpha value is -3.03. The lowest BCUT2D eigenvalue weighted by molar-refractivity contribution is 0.0906. The third-order valence-electron chi connectivity index (χ3n) is 5.87. The van der Waals surface area contributed by atoms with E-state index in [0.29, 0.717) is 5.56 Å². The van der Waals surface area contributed by atoms with Gasteiger partial charge in [-0.25, -0.2) is 9.07 Å². The summed E-state index contributed by atoms with van der Waals surface area (Å²) < 4.78 is 14.9. The minimum absolute atomic E-state index is 0.120. The number of rotatable bonds is 6. The third kappa shape index (κ3) is 5.00. The second-order valence-electron chi connectivity index (χ2n) is 8.07. The van der Waals surface area contributed by atoms with E-state index in [1.807, 2.05) is 25.1 Å². The Morgan fingerprint density at radius 1 is 1.06 bits per heavy atom. The summed E-state index contributed by atoms with van der Waals surface area (Å²) >= 11 is 0. The van der Waals surface area contributed by atoms with Crippen molar-refractivity contribution in [2.24, 2.45) is 0 Å². The summed E-state index contributed by atoms with van der Waals surface area (Å²) in [6, 6.07) is 16.0. The second-order valence-corrected chi connectivity index (χ2v) is 8.07. The van der Waals surface area contributed by atoms with Crippen LogP contribution in [0.25, 0.3) is 5.69 Å². The summed E-state index contributed by atoms with van der Waals surface area (Å²) in [5.41, 5.74) is 3.03. The lowest BCUT2D eigenvalue weighted by atomic mass is 10.1. The van der Waals surface area contributed by atoms with Gasteiger partial charge in [-0.3, -0.25) is 9.69 Å². The largest absolute Gasteiger partial charge is 0.344 e. The van der Waals surface area contributed by atoms with E-state index in [4.69, 9.17) is 0 Å². The fraction of sp³-hybridized carbons (Fsp3) is 0.333. The molecular weight excluding hydrogens is 393 g/mol. The number of aromatic nitrogens is 2. The number of benzene rings is 2. The molecule has 1 aliphatic rings. The van der Waals surface area contributed by atoms with Gasteiger partial charge in [-0.1, -0.05) is 30.3 Å². The quantitative estimate of drug-likeness (QED) is 0.665. The van der Waals surface area contributed by atoms with Gasteiger partial charge in [0.15, 0.2) is 0 Å². The van der Waals surface area contributed by atoms with Crippen LogP contribution in [0.4, 0.5) is 4.39 Å². The first kappa shape index (κ1) is 21.2. The summed E-state index contributed by atoms with van der Waals surface area (Å²) in [6.45, 7) is 6.63. The van der Waals surface area contributed by atoms with Crippen LogP contribution in [0.2, 0.25) is 0 Å². The molecule has 0 aliphatic carbocycles. The molecule has 1 fully saturated rings. The van der Waals surface area contributed by atoms with Crippen molar-refractivity contribution in [1.29, 1.82) is 0 Å². The minimum Gasteiger partial charge on any atom is -0.344 e. The van der Waals surface area contributed by atoms with Gasteiger partial charge in [0.1, 0.15) is 5.82 Å². The van der Waals surface area contributed by atoms with Gasteiger partial charge in [0.05, 0.1) is 29.2 Å². The van der Waals surface area contributed by atoms with E-state index >= 15 is 0 Å². The topological polar surface area (TPSA) is 53.4 Å². The van der Waals surface area contributed by atoms with E-state index in [-0.39, 0.29) is 17.8 Å². The number of hydrogen-bond acceptors (Lipinski definition) is 4. The van der Waals surface area contributed by atoms with E-state index in [2.05, 4.69) is 39.4 Å². The molecule has 0 bridgehead atoms. The summed E-state index contributed by atoms with van der Waals surface area (Å²) in [7, 11) is 2.13. The monoisotopic (exact) mass is 421 g/mol. The van der Waals surface area contributed by atoms with Gasteiger partial charge in [0, 0.05) is 32.7 Å². The highest BCUT2D eigenvalue weighted by molar-refractivity contribution is 5.95. The van der Waals surface area contributed by atoms with Gasteiger partial charge in [-0.05, 0) is 43.8 Å². The SMILES string of the molecule is Cc1c(C(=O)NC(CN2CCN(C)CC2)c2ccccc2)cnn1-c1ccc(F)cc1. The number of carbonyl (C=O) groups excluding carboxylic acids is 1. The van der Waals surface area contributed by atoms with E-state index in [1.165, 1.54) is 12.1 Å². The minimum atomic E-state index is -0.305. The Kier molecular flexibility index (Phi) is 6.44. The molecule has 2 aromatic carbocycles. The Bertz CT molecular complexity index is 1010. The molecule has 31 heavy (non-hydrogen) atoms. The molecule has 1 saturated heterocycles. The van der Waals surface area contributed by atoms with Gasteiger partial charge in [-0.15, -0.1) is 0 Å². The van der Waals surface area contributed by atoms with Crippen molar-refractivity contribution < 1.29 is 9.18 Å². The van der Waals surface area contributed by atoms with Gasteiger partial charge in [0.2, 0.25) is 0 Å². The normalized spacial score (nSPS) is 16.2. The number of halogens is 1. The average molecular weight is 422 g/mol. The summed E-state index contributed by atoms with van der Waals surface area (Å²) in [6.07, 6.45) is 1.58. The number of likely N-dealkylation sites (N-methyl/N-ethyl adjacent to an activating group) is 1. The molecule has 0 spiro atoms. The molecule has 0 radical (unpaired) electrons. The van der Waals surface area contributed by atoms with Crippen LogP contribution >= 0.6 is 0 Å². The number of nitrogens with zero attached hydrogens (tertiary/aromatic N) is 4. The number of piperazine rings is 1. The maximum absolute atomic E-state index is 13.3. The molecule has 4 rings (SSSR count). The van der Waals surface area contributed by atoms with Crippen molar-refractivity contribution in [1.82, 2.24) is 24.9 Å². The molecule has 1 unspecified atom stereocenters. The molecule has 1 N–H and O–H groups in total. The molecule has 3 aromatic rings. The lowest BCUT2D eigenvalue weighted by Gasteiger charge is -2.35. The number of carbonyl (C=O) groups is 1. The van der Waals surface area contributed by atoms with Crippen LogP contribution in [0, 0.1) is 12.7 Å². The molecule has 0 saturated carbocycles. The van der Waals surface area contributed by atoms with Gasteiger partial charge in [0.25, 0.3) is 5.91 Å².